The predicted octanol–water partition coefficient (Wildman–Crippen LogP) is 3.08. The van der Waals surface area contributed by atoms with Gasteiger partial charge in [-0.15, -0.1) is 0 Å². The van der Waals surface area contributed by atoms with E-state index in [0.717, 1.165) is 25.7 Å². The van der Waals surface area contributed by atoms with Crippen molar-refractivity contribution < 1.29 is 19.5 Å². The zero-order valence-electron chi connectivity index (χ0n) is 15.7. The molecule has 1 aromatic carbocycles. The van der Waals surface area contributed by atoms with Gasteiger partial charge in [0.05, 0.1) is 5.41 Å². The molecule has 1 aliphatic heterocycles. The summed E-state index contributed by atoms with van der Waals surface area (Å²) in [6.07, 6.45) is 6.07. The Morgan fingerprint density at radius 3 is 2.37 bits per heavy atom. The molecule has 3 rings (SSSR count). The van der Waals surface area contributed by atoms with Crippen LogP contribution in [0.1, 0.15) is 55.8 Å². The first-order valence-corrected chi connectivity index (χ1v) is 9.58. The Morgan fingerprint density at radius 1 is 1.11 bits per heavy atom. The van der Waals surface area contributed by atoms with Gasteiger partial charge in [-0.25, -0.2) is 4.79 Å². The highest BCUT2D eigenvalue weighted by Crippen LogP contribution is 2.30. The van der Waals surface area contributed by atoms with Gasteiger partial charge >= 0.3 is 12.0 Å². The molecule has 1 saturated heterocycles. The number of rotatable bonds is 4. The number of benzene rings is 1. The number of hydrogen-bond acceptors (Lipinski definition) is 3. The SMILES string of the molecule is CC1(C(=O)O)CCN(C(=O)Nc2ccc(C(=O)NC3CCCCC3)cc2)C1. The summed E-state index contributed by atoms with van der Waals surface area (Å²) in [5, 5.41) is 15.1. The molecule has 0 aromatic heterocycles. The number of amides is 3. The third kappa shape index (κ3) is 4.59. The number of carboxylic acid groups (broad SMARTS) is 1. The molecule has 2 aliphatic rings. The van der Waals surface area contributed by atoms with E-state index in [2.05, 4.69) is 10.6 Å². The van der Waals surface area contributed by atoms with Crippen LogP contribution in [0.3, 0.4) is 0 Å². The van der Waals surface area contributed by atoms with Gasteiger partial charge in [-0.1, -0.05) is 19.3 Å². The van der Waals surface area contributed by atoms with Gasteiger partial charge in [0.2, 0.25) is 0 Å². The molecular weight excluding hydrogens is 346 g/mol. The van der Waals surface area contributed by atoms with Crippen molar-refractivity contribution >= 4 is 23.6 Å². The maximum atomic E-state index is 12.3. The Morgan fingerprint density at radius 2 is 1.78 bits per heavy atom. The first-order chi connectivity index (χ1) is 12.9. The fraction of sp³-hybridized carbons (Fsp3) is 0.550. The Labute approximate surface area is 159 Å². The van der Waals surface area contributed by atoms with E-state index < -0.39 is 11.4 Å². The Bertz CT molecular complexity index is 712. The molecular formula is C20H27N3O4. The van der Waals surface area contributed by atoms with Crippen molar-refractivity contribution in [3.05, 3.63) is 29.8 Å². The standard InChI is InChI=1S/C20H27N3O4/c1-20(18(25)26)11-12-23(13-20)19(27)22-16-9-7-14(8-10-16)17(24)21-15-5-3-2-4-6-15/h7-10,15H,2-6,11-13H2,1H3,(H,21,24)(H,22,27)(H,25,26). The number of carboxylic acids is 1. The maximum absolute atomic E-state index is 12.3. The number of carbonyl (C=O) groups is 3. The highest BCUT2D eigenvalue weighted by molar-refractivity contribution is 5.95. The summed E-state index contributed by atoms with van der Waals surface area (Å²) >= 11 is 0. The molecule has 7 nitrogen and oxygen atoms in total. The number of hydrogen-bond donors (Lipinski definition) is 3. The van der Waals surface area contributed by atoms with Gasteiger partial charge in [0.1, 0.15) is 0 Å². The molecule has 2 fully saturated rings. The summed E-state index contributed by atoms with van der Waals surface area (Å²) in [4.78, 5) is 37.5. The van der Waals surface area contributed by atoms with Crippen LogP contribution in [0.5, 0.6) is 0 Å². The van der Waals surface area contributed by atoms with E-state index in [1.165, 1.54) is 11.3 Å². The minimum atomic E-state index is -0.890. The van der Waals surface area contributed by atoms with E-state index in [0.29, 0.717) is 24.2 Å². The number of anilines is 1. The first kappa shape index (κ1) is 19.2. The van der Waals surface area contributed by atoms with E-state index >= 15 is 0 Å². The first-order valence-electron chi connectivity index (χ1n) is 9.58. The van der Waals surface area contributed by atoms with Gasteiger partial charge in [0.25, 0.3) is 5.91 Å². The highest BCUT2D eigenvalue weighted by atomic mass is 16.4. The normalized spacial score (nSPS) is 23.1. The smallest absolute Gasteiger partial charge is 0.321 e. The van der Waals surface area contributed by atoms with Crippen LogP contribution in [0.15, 0.2) is 24.3 Å². The predicted molar refractivity (Wildman–Crippen MR) is 102 cm³/mol. The minimum absolute atomic E-state index is 0.0865. The Kier molecular flexibility index (Phi) is 5.68. The summed E-state index contributed by atoms with van der Waals surface area (Å²) in [5.41, 5.74) is 0.259. The molecule has 1 saturated carbocycles. The van der Waals surface area contributed by atoms with Crippen LogP contribution in [-0.2, 0) is 4.79 Å². The third-order valence-electron chi connectivity index (χ3n) is 5.62. The quantitative estimate of drug-likeness (QED) is 0.755. The summed E-state index contributed by atoms with van der Waals surface area (Å²) < 4.78 is 0. The van der Waals surface area contributed by atoms with Crippen molar-refractivity contribution in [3.8, 4) is 0 Å². The zero-order valence-corrected chi connectivity index (χ0v) is 15.7. The molecule has 0 spiro atoms. The Hall–Kier alpha value is -2.57. The maximum Gasteiger partial charge on any atom is 0.321 e. The third-order valence-corrected chi connectivity index (χ3v) is 5.62. The average molecular weight is 373 g/mol. The lowest BCUT2D eigenvalue weighted by atomic mass is 9.90. The number of carbonyl (C=O) groups excluding carboxylic acids is 2. The van der Waals surface area contributed by atoms with Crippen molar-refractivity contribution in [2.45, 2.75) is 51.5 Å². The summed E-state index contributed by atoms with van der Waals surface area (Å²) in [6.45, 7) is 2.26. The molecule has 1 heterocycles. The van der Waals surface area contributed by atoms with E-state index in [-0.39, 0.29) is 24.5 Å². The van der Waals surface area contributed by atoms with Crippen LogP contribution in [0.4, 0.5) is 10.5 Å². The molecule has 0 bridgehead atoms. The summed E-state index contributed by atoms with van der Waals surface area (Å²) in [6, 6.07) is 6.71. The second-order valence-corrected chi connectivity index (χ2v) is 7.85. The van der Waals surface area contributed by atoms with Crippen LogP contribution >= 0.6 is 0 Å². The summed E-state index contributed by atoms with van der Waals surface area (Å²) in [5.74, 6) is -0.970. The average Bonchev–Trinajstić information content (AvgIpc) is 3.07. The van der Waals surface area contributed by atoms with Gasteiger partial charge in [0, 0.05) is 30.4 Å². The van der Waals surface area contributed by atoms with E-state index in [1.54, 1.807) is 31.2 Å². The van der Waals surface area contributed by atoms with E-state index in [9.17, 15) is 19.5 Å². The summed E-state index contributed by atoms with van der Waals surface area (Å²) in [7, 11) is 0. The van der Waals surface area contributed by atoms with Crippen LogP contribution in [0.2, 0.25) is 0 Å². The van der Waals surface area contributed by atoms with Crippen molar-refractivity contribution in [2.24, 2.45) is 5.41 Å². The second-order valence-electron chi connectivity index (χ2n) is 7.85. The van der Waals surface area contributed by atoms with Gasteiger partial charge in [0.15, 0.2) is 0 Å². The molecule has 1 unspecified atom stereocenters. The highest BCUT2D eigenvalue weighted by Gasteiger charge is 2.42. The second kappa shape index (κ2) is 7.98. The Balaban J connectivity index is 1.53. The number of nitrogens with zero attached hydrogens (tertiary/aromatic N) is 1. The lowest BCUT2D eigenvalue weighted by Gasteiger charge is -2.23. The molecule has 1 aromatic rings. The van der Waals surface area contributed by atoms with Crippen LogP contribution in [0.25, 0.3) is 0 Å². The zero-order chi connectivity index (χ0) is 19.4. The fourth-order valence-electron chi connectivity index (χ4n) is 3.73. The van der Waals surface area contributed by atoms with Gasteiger partial charge in [-0.2, -0.15) is 0 Å². The van der Waals surface area contributed by atoms with Gasteiger partial charge in [-0.05, 0) is 50.5 Å². The number of urea groups is 1. The number of aliphatic carboxylic acids is 1. The minimum Gasteiger partial charge on any atom is -0.481 e. The fourth-order valence-corrected chi connectivity index (χ4v) is 3.73. The molecule has 1 aliphatic carbocycles. The molecule has 3 N–H and O–H groups in total. The van der Waals surface area contributed by atoms with Crippen LogP contribution in [-0.4, -0.2) is 47.0 Å². The molecule has 146 valence electrons. The monoisotopic (exact) mass is 373 g/mol. The molecule has 3 amide bonds. The molecule has 7 heteroatoms. The van der Waals surface area contributed by atoms with Crippen molar-refractivity contribution in [2.75, 3.05) is 18.4 Å². The van der Waals surface area contributed by atoms with Crippen molar-refractivity contribution in [1.82, 2.24) is 10.2 Å². The van der Waals surface area contributed by atoms with Gasteiger partial charge < -0.3 is 20.6 Å². The van der Waals surface area contributed by atoms with Gasteiger partial charge in [-0.3, -0.25) is 9.59 Å². The van der Waals surface area contributed by atoms with Crippen molar-refractivity contribution in [1.29, 1.82) is 0 Å². The molecule has 1 atom stereocenters. The molecule has 27 heavy (non-hydrogen) atoms. The number of likely N-dealkylation sites (tertiary alicyclic amines) is 1. The van der Waals surface area contributed by atoms with Crippen LogP contribution < -0.4 is 10.6 Å². The lowest BCUT2D eigenvalue weighted by molar-refractivity contribution is -0.146. The van der Waals surface area contributed by atoms with E-state index in [1.807, 2.05) is 0 Å². The topological polar surface area (TPSA) is 98.7 Å². The molecule has 0 radical (unpaired) electrons. The lowest BCUT2D eigenvalue weighted by Crippen LogP contribution is -2.37. The van der Waals surface area contributed by atoms with Crippen molar-refractivity contribution in [3.63, 3.8) is 0 Å². The van der Waals surface area contributed by atoms with E-state index in [4.69, 9.17) is 0 Å². The van der Waals surface area contributed by atoms with Crippen LogP contribution in [0, 0.1) is 5.41 Å². The number of nitrogens with one attached hydrogen (secondary N) is 2. The largest absolute Gasteiger partial charge is 0.481 e.